The van der Waals surface area contributed by atoms with Gasteiger partial charge >= 0.3 is 5.97 Å². The Morgan fingerprint density at radius 1 is 1.18 bits per heavy atom. The molecule has 0 aromatic heterocycles. The van der Waals surface area contributed by atoms with Gasteiger partial charge in [-0.2, -0.15) is 0 Å². The number of aliphatic hydroxyl groups excluding tert-OH is 1. The summed E-state index contributed by atoms with van der Waals surface area (Å²) < 4.78 is 10.7. The van der Waals surface area contributed by atoms with Gasteiger partial charge in [0.2, 0.25) is 11.7 Å². The molecule has 0 bridgehead atoms. The lowest BCUT2D eigenvalue weighted by molar-refractivity contribution is -0.181. The van der Waals surface area contributed by atoms with Gasteiger partial charge in [-0.25, -0.2) is 0 Å². The zero-order valence-corrected chi connectivity index (χ0v) is 22.9. The van der Waals surface area contributed by atoms with Crippen molar-refractivity contribution in [1.29, 1.82) is 0 Å². The van der Waals surface area contributed by atoms with Crippen molar-refractivity contribution < 1.29 is 38.9 Å². The van der Waals surface area contributed by atoms with Crippen LogP contribution in [0.3, 0.4) is 0 Å². The highest BCUT2D eigenvalue weighted by Gasteiger charge is 2.68. The fourth-order valence-electron chi connectivity index (χ4n) is 8.46. The largest absolute Gasteiger partial charge is 0.458 e. The van der Waals surface area contributed by atoms with Crippen LogP contribution in [0.25, 0.3) is 0 Å². The number of allylic oxidation sites excluding steroid dienone is 4. The molecule has 39 heavy (non-hydrogen) atoms. The van der Waals surface area contributed by atoms with E-state index in [-0.39, 0.29) is 61.2 Å². The Labute approximate surface area is 229 Å². The molecule has 1 heterocycles. The van der Waals surface area contributed by atoms with Crippen LogP contribution in [0.4, 0.5) is 0 Å². The van der Waals surface area contributed by atoms with E-state index in [2.05, 4.69) is 12.2 Å². The lowest BCUT2D eigenvalue weighted by Gasteiger charge is -2.59. The van der Waals surface area contributed by atoms with Crippen LogP contribution in [0, 0.1) is 28.6 Å². The molecule has 3 N–H and O–H groups in total. The van der Waals surface area contributed by atoms with E-state index in [1.807, 2.05) is 13.0 Å². The molecule has 0 aromatic carbocycles. The molecule has 9 heteroatoms. The highest BCUT2D eigenvalue weighted by molar-refractivity contribution is 6.01. The fourth-order valence-corrected chi connectivity index (χ4v) is 8.46. The fraction of sp³-hybridized carbons (Fsp3) is 0.733. The molecule has 4 aliphatic carbocycles. The maximum Gasteiger partial charge on any atom is 0.306 e. The second-order valence-corrected chi connectivity index (χ2v) is 12.6. The van der Waals surface area contributed by atoms with Crippen LogP contribution in [-0.2, 0) is 28.7 Å². The molecule has 9 nitrogen and oxygen atoms in total. The quantitative estimate of drug-likeness (QED) is 0.396. The molecule has 0 aromatic rings. The third-order valence-electron chi connectivity index (χ3n) is 10.6. The van der Waals surface area contributed by atoms with Crippen LogP contribution in [0.15, 0.2) is 23.8 Å². The van der Waals surface area contributed by atoms with E-state index in [4.69, 9.17) is 9.47 Å². The van der Waals surface area contributed by atoms with Crippen molar-refractivity contribution in [2.45, 2.75) is 89.4 Å². The molecule has 1 saturated heterocycles. The second kappa shape index (κ2) is 10.6. The molecule has 0 spiro atoms. The van der Waals surface area contributed by atoms with E-state index in [1.54, 1.807) is 12.2 Å². The second-order valence-electron chi connectivity index (χ2n) is 12.6. The van der Waals surface area contributed by atoms with Crippen LogP contribution in [0.5, 0.6) is 0 Å². The number of fused-ring (bicyclic) bond motifs is 5. The van der Waals surface area contributed by atoms with Gasteiger partial charge in [-0.3, -0.25) is 19.2 Å². The summed E-state index contributed by atoms with van der Waals surface area (Å²) in [6.07, 6.45) is 8.84. The number of rotatable bonds is 8. The zero-order valence-electron chi connectivity index (χ0n) is 22.9. The lowest BCUT2D eigenvalue weighted by atomic mass is 9.46. The number of hydrogen-bond acceptors (Lipinski definition) is 8. The number of nitrogens with one attached hydrogen (secondary N) is 1. The van der Waals surface area contributed by atoms with Gasteiger partial charge in [0.15, 0.2) is 12.4 Å². The third kappa shape index (κ3) is 4.91. The molecule has 5 rings (SSSR count). The normalized spacial score (nSPS) is 40.8. The maximum absolute atomic E-state index is 13.4. The molecule has 1 amide bonds. The SMILES string of the molecule is CC12C=CC(=O)C=C1CCC1C2C(O)CC2(C)C1CCC2(O)C(=O)COC(=O)CCC(=O)NCC1CCCO1. The smallest absolute Gasteiger partial charge is 0.306 e. The summed E-state index contributed by atoms with van der Waals surface area (Å²) >= 11 is 0. The van der Waals surface area contributed by atoms with Crippen molar-refractivity contribution >= 4 is 23.4 Å². The standard InChI is InChI=1S/C30H41NO8/c1-28-11-9-19(32)14-18(28)5-6-21-22-10-12-30(37,29(22,2)15-23(33)27(21)28)24(34)17-39-26(36)8-7-25(35)31-16-20-4-3-13-38-20/h9,11,14,20-23,27,33,37H,3-8,10,12-13,15-17H2,1-2H3,(H,31,35). The zero-order chi connectivity index (χ0) is 28.0. The van der Waals surface area contributed by atoms with Gasteiger partial charge in [0.1, 0.15) is 5.60 Å². The molecule has 1 aliphatic heterocycles. The molecule has 3 saturated carbocycles. The van der Waals surface area contributed by atoms with E-state index in [9.17, 15) is 29.4 Å². The number of carbonyl (C=O) groups excluding carboxylic acids is 4. The molecule has 214 valence electrons. The number of hydrogen-bond donors (Lipinski definition) is 3. The minimum atomic E-state index is -1.71. The minimum absolute atomic E-state index is 0.0165. The first-order valence-electron chi connectivity index (χ1n) is 14.4. The molecule has 5 aliphatic rings. The first-order valence-corrected chi connectivity index (χ1v) is 14.4. The Hall–Kier alpha value is -2.36. The molecule has 4 fully saturated rings. The molecule has 8 atom stereocenters. The summed E-state index contributed by atoms with van der Waals surface area (Å²) in [4.78, 5) is 49.7. The Bertz CT molecular complexity index is 1090. The number of esters is 1. The highest BCUT2D eigenvalue weighted by Crippen LogP contribution is 2.67. The predicted octanol–water partition coefficient (Wildman–Crippen LogP) is 2.18. The van der Waals surface area contributed by atoms with Crippen LogP contribution >= 0.6 is 0 Å². The highest BCUT2D eigenvalue weighted by atomic mass is 16.5. The van der Waals surface area contributed by atoms with Gasteiger partial charge in [-0.1, -0.05) is 25.5 Å². The van der Waals surface area contributed by atoms with E-state index in [1.165, 1.54) is 0 Å². The Balaban J connectivity index is 1.18. The van der Waals surface area contributed by atoms with E-state index < -0.39 is 40.9 Å². The van der Waals surface area contributed by atoms with Crippen LogP contribution < -0.4 is 5.32 Å². The van der Waals surface area contributed by atoms with Gasteiger partial charge < -0.3 is 25.0 Å². The summed E-state index contributed by atoms with van der Waals surface area (Å²) in [6.45, 7) is 4.52. The lowest BCUT2D eigenvalue weighted by Crippen LogP contribution is -2.61. The summed E-state index contributed by atoms with van der Waals surface area (Å²) in [5.74, 6) is -1.50. The number of Topliss-reactive ketones (excluding diaryl/α,β-unsaturated/α-hetero) is 1. The van der Waals surface area contributed by atoms with Crippen LogP contribution in [-0.4, -0.2) is 71.2 Å². The van der Waals surface area contributed by atoms with E-state index in [0.717, 1.165) is 31.3 Å². The van der Waals surface area contributed by atoms with Gasteiger partial charge in [0.05, 0.1) is 18.6 Å². The monoisotopic (exact) mass is 543 g/mol. The number of ether oxygens (including phenoxy) is 2. The van der Waals surface area contributed by atoms with Gasteiger partial charge in [0, 0.05) is 36.3 Å². The molecule has 0 radical (unpaired) electrons. The van der Waals surface area contributed by atoms with Gasteiger partial charge in [0.25, 0.3) is 0 Å². The average Bonchev–Trinajstić information content (AvgIpc) is 3.51. The topological polar surface area (TPSA) is 139 Å². The Morgan fingerprint density at radius 2 is 1.97 bits per heavy atom. The Kier molecular flexibility index (Phi) is 7.63. The third-order valence-corrected chi connectivity index (χ3v) is 10.6. The summed E-state index contributed by atoms with van der Waals surface area (Å²) in [6, 6.07) is 0. The van der Waals surface area contributed by atoms with Crippen molar-refractivity contribution in [3.05, 3.63) is 23.8 Å². The number of aliphatic hydroxyl groups is 2. The van der Waals surface area contributed by atoms with Crippen molar-refractivity contribution in [3.63, 3.8) is 0 Å². The van der Waals surface area contributed by atoms with E-state index >= 15 is 0 Å². The summed E-state index contributed by atoms with van der Waals surface area (Å²) in [5.41, 5.74) is -1.94. The molecular weight excluding hydrogens is 502 g/mol. The predicted molar refractivity (Wildman–Crippen MR) is 140 cm³/mol. The summed E-state index contributed by atoms with van der Waals surface area (Å²) in [5, 5.41) is 26.0. The Morgan fingerprint density at radius 3 is 2.72 bits per heavy atom. The number of amides is 1. The van der Waals surface area contributed by atoms with Crippen molar-refractivity contribution in [2.75, 3.05) is 19.8 Å². The first kappa shape index (κ1) is 28.2. The van der Waals surface area contributed by atoms with E-state index in [0.29, 0.717) is 19.6 Å². The average molecular weight is 544 g/mol. The number of carbonyl (C=O) groups is 4. The first-order chi connectivity index (χ1) is 18.5. The van der Waals surface area contributed by atoms with Crippen molar-refractivity contribution in [1.82, 2.24) is 5.32 Å². The number of ketones is 2. The summed E-state index contributed by atoms with van der Waals surface area (Å²) in [7, 11) is 0. The minimum Gasteiger partial charge on any atom is -0.458 e. The molecule has 8 unspecified atom stereocenters. The van der Waals surface area contributed by atoms with Crippen LogP contribution in [0.2, 0.25) is 0 Å². The van der Waals surface area contributed by atoms with Crippen LogP contribution in [0.1, 0.15) is 71.6 Å². The maximum atomic E-state index is 13.4. The van der Waals surface area contributed by atoms with Gasteiger partial charge in [-0.05, 0) is 68.9 Å². The molecular formula is C30H41NO8. The van der Waals surface area contributed by atoms with Gasteiger partial charge in [-0.15, -0.1) is 0 Å². The van der Waals surface area contributed by atoms with Crippen molar-refractivity contribution in [2.24, 2.45) is 28.6 Å². The van der Waals surface area contributed by atoms with Crippen molar-refractivity contribution in [3.8, 4) is 0 Å².